The van der Waals surface area contributed by atoms with Crippen molar-refractivity contribution >= 4 is 39.1 Å². The van der Waals surface area contributed by atoms with Crippen LogP contribution in [0, 0.1) is 0 Å². The van der Waals surface area contributed by atoms with Gasteiger partial charge in [0.25, 0.3) is 0 Å². The van der Waals surface area contributed by atoms with Crippen LogP contribution in [0.5, 0.6) is 0 Å². The van der Waals surface area contributed by atoms with E-state index in [0.717, 1.165) is 10.2 Å². The lowest BCUT2D eigenvalue weighted by molar-refractivity contribution is -0.126. The molecule has 0 aromatic heterocycles. The smallest absolute Gasteiger partial charge is 0.241 e. The number of rotatable bonds is 3. The molecule has 1 N–H and O–H groups in total. The number of halogens is 2. The van der Waals surface area contributed by atoms with Crippen molar-refractivity contribution in [1.82, 2.24) is 4.90 Å². The van der Waals surface area contributed by atoms with Gasteiger partial charge in [0.05, 0.1) is 17.3 Å². The van der Waals surface area contributed by atoms with E-state index in [1.54, 1.807) is 20.2 Å². The Morgan fingerprint density at radius 1 is 1.53 bits per heavy atom. The number of hydrogen-bond donors (Lipinski definition) is 1. The number of carbonyl (C=O) groups is 1. The van der Waals surface area contributed by atoms with Gasteiger partial charge in [-0.1, -0.05) is 27.5 Å². The summed E-state index contributed by atoms with van der Waals surface area (Å²) in [5.41, 5.74) is 0.759. The summed E-state index contributed by atoms with van der Waals surface area (Å²) in [6.45, 7) is 0.244. The number of hydrogen-bond acceptors (Lipinski definition) is 2. The molecule has 0 radical (unpaired) electrons. The fourth-order valence-electron chi connectivity index (χ4n) is 0.962. The van der Waals surface area contributed by atoms with Crippen molar-refractivity contribution in [3.63, 3.8) is 0 Å². The molecule has 0 saturated heterocycles. The molecule has 1 amide bonds. The highest BCUT2D eigenvalue weighted by molar-refractivity contribution is 9.10. The van der Waals surface area contributed by atoms with Crippen LogP contribution in [0.4, 0.5) is 5.69 Å². The normalized spacial score (nSPS) is 9.87. The molecular weight excluding hydrogens is 279 g/mol. The van der Waals surface area contributed by atoms with Crippen LogP contribution in [0.3, 0.4) is 0 Å². The van der Waals surface area contributed by atoms with Crippen LogP contribution in [0.2, 0.25) is 5.02 Å². The molecular formula is C10H12BrClN2O. The zero-order chi connectivity index (χ0) is 11.4. The minimum atomic E-state index is 0.00832. The van der Waals surface area contributed by atoms with Gasteiger partial charge in [-0.15, -0.1) is 0 Å². The second-order valence-corrected chi connectivity index (χ2v) is 4.59. The van der Waals surface area contributed by atoms with Crippen LogP contribution < -0.4 is 5.32 Å². The maximum absolute atomic E-state index is 11.3. The molecule has 0 fully saturated rings. The highest BCUT2D eigenvalue weighted by Crippen LogP contribution is 2.25. The third-order valence-electron chi connectivity index (χ3n) is 1.86. The van der Waals surface area contributed by atoms with Gasteiger partial charge < -0.3 is 10.2 Å². The SMILES string of the molecule is CN(C)C(=O)CNc1ccc(Br)cc1Cl. The van der Waals surface area contributed by atoms with E-state index in [2.05, 4.69) is 21.2 Å². The fourth-order valence-corrected chi connectivity index (χ4v) is 1.70. The van der Waals surface area contributed by atoms with Crippen molar-refractivity contribution in [2.75, 3.05) is 26.0 Å². The minimum absolute atomic E-state index is 0.00832. The first-order valence-corrected chi connectivity index (χ1v) is 5.57. The molecule has 1 aromatic carbocycles. The molecule has 0 aliphatic rings. The maximum Gasteiger partial charge on any atom is 0.241 e. The van der Waals surface area contributed by atoms with Crippen molar-refractivity contribution in [3.05, 3.63) is 27.7 Å². The minimum Gasteiger partial charge on any atom is -0.375 e. The summed E-state index contributed by atoms with van der Waals surface area (Å²) in [4.78, 5) is 12.8. The predicted octanol–water partition coefficient (Wildman–Crippen LogP) is 2.60. The second-order valence-electron chi connectivity index (χ2n) is 3.27. The summed E-state index contributed by atoms with van der Waals surface area (Å²) >= 11 is 9.29. The second kappa shape index (κ2) is 5.37. The summed E-state index contributed by atoms with van der Waals surface area (Å²) < 4.78 is 0.914. The van der Waals surface area contributed by atoms with Crippen molar-refractivity contribution in [2.45, 2.75) is 0 Å². The molecule has 15 heavy (non-hydrogen) atoms. The first-order valence-electron chi connectivity index (χ1n) is 4.40. The number of carbonyl (C=O) groups excluding carboxylic acids is 1. The molecule has 0 saturated carbocycles. The van der Waals surface area contributed by atoms with Gasteiger partial charge in [-0.3, -0.25) is 4.79 Å². The van der Waals surface area contributed by atoms with E-state index in [0.29, 0.717) is 5.02 Å². The third kappa shape index (κ3) is 3.72. The predicted molar refractivity (Wildman–Crippen MR) is 66.3 cm³/mol. The number of nitrogens with one attached hydrogen (secondary N) is 1. The van der Waals surface area contributed by atoms with Crippen LogP contribution in [-0.4, -0.2) is 31.4 Å². The van der Waals surface area contributed by atoms with Gasteiger partial charge in [-0.25, -0.2) is 0 Å². The van der Waals surface area contributed by atoms with E-state index in [9.17, 15) is 4.79 Å². The molecule has 1 aromatic rings. The molecule has 3 nitrogen and oxygen atoms in total. The van der Waals surface area contributed by atoms with E-state index in [-0.39, 0.29) is 12.5 Å². The summed E-state index contributed by atoms with van der Waals surface area (Å²) in [5.74, 6) is 0.00832. The van der Waals surface area contributed by atoms with Gasteiger partial charge in [-0.2, -0.15) is 0 Å². The highest BCUT2D eigenvalue weighted by atomic mass is 79.9. The lowest BCUT2D eigenvalue weighted by Gasteiger charge is -2.12. The van der Waals surface area contributed by atoms with Crippen molar-refractivity contribution < 1.29 is 4.79 Å². The van der Waals surface area contributed by atoms with Crippen LogP contribution in [0.25, 0.3) is 0 Å². The molecule has 82 valence electrons. The number of benzene rings is 1. The molecule has 0 bridgehead atoms. The Morgan fingerprint density at radius 3 is 2.73 bits per heavy atom. The van der Waals surface area contributed by atoms with E-state index in [4.69, 9.17) is 11.6 Å². The zero-order valence-electron chi connectivity index (χ0n) is 8.55. The van der Waals surface area contributed by atoms with E-state index in [1.807, 2.05) is 12.1 Å². The van der Waals surface area contributed by atoms with Crippen molar-refractivity contribution in [2.24, 2.45) is 0 Å². The monoisotopic (exact) mass is 290 g/mol. The zero-order valence-corrected chi connectivity index (χ0v) is 10.9. The summed E-state index contributed by atoms with van der Waals surface area (Å²) in [6, 6.07) is 5.48. The summed E-state index contributed by atoms with van der Waals surface area (Å²) in [5, 5.41) is 3.57. The fraction of sp³-hybridized carbons (Fsp3) is 0.300. The van der Waals surface area contributed by atoms with Gasteiger partial charge in [-0.05, 0) is 18.2 Å². The van der Waals surface area contributed by atoms with Crippen LogP contribution in [0.15, 0.2) is 22.7 Å². The summed E-state index contributed by atoms with van der Waals surface area (Å²) in [6.07, 6.45) is 0. The molecule has 0 aliphatic carbocycles. The number of nitrogens with zero attached hydrogens (tertiary/aromatic N) is 1. The van der Waals surface area contributed by atoms with E-state index >= 15 is 0 Å². The first-order chi connectivity index (χ1) is 7.00. The van der Waals surface area contributed by atoms with Gasteiger partial charge >= 0.3 is 0 Å². The first kappa shape index (κ1) is 12.3. The molecule has 0 aliphatic heterocycles. The molecule has 0 atom stereocenters. The lowest BCUT2D eigenvalue weighted by Crippen LogP contribution is -2.28. The lowest BCUT2D eigenvalue weighted by atomic mass is 10.3. The number of amides is 1. The molecule has 5 heteroatoms. The van der Waals surface area contributed by atoms with E-state index in [1.165, 1.54) is 4.90 Å². The van der Waals surface area contributed by atoms with E-state index < -0.39 is 0 Å². The Kier molecular flexibility index (Phi) is 4.42. The number of likely N-dealkylation sites (N-methyl/N-ethyl adjacent to an activating group) is 1. The molecule has 0 heterocycles. The van der Waals surface area contributed by atoms with Crippen LogP contribution in [-0.2, 0) is 4.79 Å². The Hall–Kier alpha value is -0.740. The standard InChI is InChI=1S/C10H12BrClN2O/c1-14(2)10(15)6-13-9-4-3-7(11)5-8(9)12/h3-5,13H,6H2,1-2H3. The van der Waals surface area contributed by atoms with Crippen molar-refractivity contribution in [3.8, 4) is 0 Å². The Balaban J connectivity index is 2.62. The quantitative estimate of drug-likeness (QED) is 0.928. The van der Waals surface area contributed by atoms with Gasteiger partial charge in [0, 0.05) is 18.6 Å². The van der Waals surface area contributed by atoms with Crippen LogP contribution >= 0.6 is 27.5 Å². The Bertz CT molecular complexity index is 368. The number of anilines is 1. The molecule has 1 rings (SSSR count). The van der Waals surface area contributed by atoms with Gasteiger partial charge in [0.2, 0.25) is 5.91 Å². The van der Waals surface area contributed by atoms with Gasteiger partial charge in [0.15, 0.2) is 0 Å². The largest absolute Gasteiger partial charge is 0.375 e. The van der Waals surface area contributed by atoms with Gasteiger partial charge in [0.1, 0.15) is 0 Å². The Labute approximate surface area is 103 Å². The highest BCUT2D eigenvalue weighted by Gasteiger charge is 2.05. The Morgan fingerprint density at radius 2 is 2.20 bits per heavy atom. The van der Waals surface area contributed by atoms with Crippen molar-refractivity contribution in [1.29, 1.82) is 0 Å². The average Bonchev–Trinajstić information content (AvgIpc) is 2.15. The average molecular weight is 292 g/mol. The molecule has 0 spiro atoms. The third-order valence-corrected chi connectivity index (χ3v) is 2.67. The summed E-state index contributed by atoms with van der Waals surface area (Å²) in [7, 11) is 3.43. The topological polar surface area (TPSA) is 32.3 Å². The molecule has 0 unspecified atom stereocenters. The van der Waals surface area contributed by atoms with Crippen LogP contribution in [0.1, 0.15) is 0 Å². The maximum atomic E-state index is 11.3.